The average molecular weight is 738 g/mol. The molecule has 1 fully saturated rings. The van der Waals surface area contributed by atoms with Crippen LogP contribution in [-0.2, 0) is 47.2 Å². The van der Waals surface area contributed by atoms with Crippen molar-refractivity contribution in [3.63, 3.8) is 0 Å². The Labute approximate surface area is 309 Å². The van der Waals surface area contributed by atoms with E-state index in [9.17, 15) is 24.0 Å². The van der Waals surface area contributed by atoms with Crippen molar-refractivity contribution in [2.45, 2.75) is 130 Å². The normalized spacial score (nSPS) is 18.1. The van der Waals surface area contributed by atoms with Gasteiger partial charge in [-0.15, -0.1) is 0 Å². The van der Waals surface area contributed by atoms with Crippen LogP contribution in [0.3, 0.4) is 0 Å². The van der Waals surface area contributed by atoms with E-state index in [0.717, 1.165) is 22.4 Å². The van der Waals surface area contributed by atoms with Crippen LogP contribution in [-0.4, -0.2) is 64.7 Å². The number of carbonyl (C=O) groups is 4. The van der Waals surface area contributed by atoms with Gasteiger partial charge in [-0.05, 0) is 96.7 Å². The highest BCUT2D eigenvalue weighted by atomic mass is 16.7. The monoisotopic (exact) mass is 737 g/mol. The van der Waals surface area contributed by atoms with E-state index in [1.807, 2.05) is 26.0 Å². The molecule has 2 aromatic rings. The molecule has 0 saturated carbocycles. The lowest BCUT2D eigenvalue weighted by molar-refractivity contribution is -0.130. The number of likely N-dealkylation sites (tertiary alicyclic amines) is 1. The van der Waals surface area contributed by atoms with Gasteiger partial charge in [0.2, 0.25) is 0 Å². The summed E-state index contributed by atoms with van der Waals surface area (Å²) in [5, 5.41) is 3.56. The van der Waals surface area contributed by atoms with Crippen molar-refractivity contribution in [1.29, 1.82) is 0 Å². The van der Waals surface area contributed by atoms with E-state index in [0.29, 0.717) is 49.4 Å². The number of hydrogen-bond donors (Lipinski definition) is 1. The summed E-state index contributed by atoms with van der Waals surface area (Å²) in [6, 6.07) is 6.73. The Hall–Kier alpha value is -5.01. The van der Waals surface area contributed by atoms with Crippen LogP contribution >= 0.6 is 0 Å². The third-order valence-corrected chi connectivity index (χ3v) is 9.56. The van der Waals surface area contributed by atoms with E-state index in [2.05, 4.69) is 5.32 Å². The molecule has 1 aromatic carbocycles. The third-order valence-electron chi connectivity index (χ3n) is 9.56. The van der Waals surface area contributed by atoms with Gasteiger partial charge < -0.3 is 43.2 Å². The third kappa shape index (κ3) is 8.80. The lowest BCUT2D eigenvalue weighted by Gasteiger charge is -2.34. The van der Waals surface area contributed by atoms with Crippen LogP contribution in [0.15, 0.2) is 34.6 Å². The molecular formula is C39H51N3O11. The van der Waals surface area contributed by atoms with Gasteiger partial charge in [0.05, 0.1) is 11.6 Å². The Balaban J connectivity index is 1.41. The number of amides is 1. The zero-order valence-corrected chi connectivity index (χ0v) is 32.1. The summed E-state index contributed by atoms with van der Waals surface area (Å²) in [7, 11) is 0. The molecule has 2 unspecified atom stereocenters. The Morgan fingerprint density at radius 1 is 0.925 bits per heavy atom. The van der Waals surface area contributed by atoms with E-state index in [-0.39, 0.29) is 43.2 Å². The van der Waals surface area contributed by atoms with Crippen molar-refractivity contribution in [3.05, 3.63) is 62.6 Å². The van der Waals surface area contributed by atoms with Gasteiger partial charge in [-0.1, -0.05) is 13.8 Å². The number of nitrogens with one attached hydrogen (secondary N) is 1. The number of nitrogens with zero attached hydrogens (tertiary/aromatic N) is 2. The number of rotatable bonds is 9. The van der Waals surface area contributed by atoms with Crippen LogP contribution in [0.1, 0.15) is 116 Å². The molecule has 14 nitrogen and oxygen atoms in total. The number of hydrogen-bond acceptors (Lipinski definition) is 12. The summed E-state index contributed by atoms with van der Waals surface area (Å²) in [6.45, 7) is 17.2. The van der Waals surface area contributed by atoms with Gasteiger partial charge in [-0.2, -0.15) is 0 Å². The molecule has 14 heteroatoms. The SMILES string of the molecule is CCC1=C2Cn3c(cc(C(C)(CC)OC(=O)OC4CCN(C(=O)OC(C)(C)C)CC4)c(COC=O)c3=O)C2Nc2ccc(OC(=O)OC(C)(C)C)cc21. The largest absolute Gasteiger partial charge is 0.514 e. The summed E-state index contributed by atoms with van der Waals surface area (Å²) in [4.78, 5) is 65.4. The zero-order valence-electron chi connectivity index (χ0n) is 32.1. The van der Waals surface area contributed by atoms with Gasteiger partial charge in [0.1, 0.15) is 35.3 Å². The fourth-order valence-electron chi connectivity index (χ4n) is 6.93. The van der Waals surface area contributed by atoms with Gasteiger partial charge in [0, 0.05) is 55.0 Å². The summed E-state index contributed by atoms with van der Waals surface area (Å²) >= 11 is 0. The molecule has 288 valence electrons. The van der Waals surface area contributed by atoms with E-state index >= 15 is 0 Å². The van der Waals surface area contributed by atoms with Gasteiger partial charge >= 0.3 is 18.4 Å². The molecule has 0 bridgehead atoms. The van der Waals surface area contributed by atoms with Crippen LogP contribution in [0.2, 0.25) is 0 Å². The Bertz CT molecular complexity index is 1840. The lowest BCUT2D eigenvalue weighted by Crippen LogP contribution is -2.44. The Morgan fingerprint density at radius 3 is 2.21 bits per heavy atom. The molecule has 1 saturated heterocycles. The van der Waals surface area contributed by atoms with Crippen LogP contribution in [0, 0.1) is 0 Å². The Kier molecular flexibility index (Phi) is 11.2. The molecule has 53 heavy (non-hydrogen) atoms. The fraction of sp³-hybridized carbons (Fsp3) is 0.564. The summed E-state index contributed by atoms with van der Waals surface area (Å²) in [5.41, 5.74) is 1.80. The maximum absolute atomic E-state index is 14.3. The lowest BCUT2D eigenvalue weighted by atomic mass is 9.86. The second-order valence-corrected chi connectivity index (χ2v) is 15.7. The predicted octanol–water partition coefficient (Wildman–Crippen LogP) is 7.36. The van der Waals surface area contributed by atoms with Crippen LogP contribution in [0.5, 0.6) is 5.75 Å². The molecule has 1 amide bonds. The van der Waals surface area contributed by atoms with Gasteiger partial charge in [-0.25, -0.2) is 14.4 Å². The highest BCUT2D eigenvalue weighted by Crippen LogP contribution is 2.47. The molecular weight excluding hydrogens is 686 g/mol. The number of pyridine rings is 1. The fourth-order valence-corrected chi connectivity index (χ4v) is 6.93. The van der Waals surface area contributed by atoms with E-state index < -0.39 is 41.3 Å². The van der Waals surface area contributed by atoms with Crippen LogP contribution < -0.4 is 15.6 Å². The molecule has 2 atom stereocenters. The van der Waals surface area contributed by atoms with Crippen molar-refractivity contribution >= 4 is 36.1 Å². The van der Waals surface area contributed by atoms with Gasteiger partial charge in [-0.3, -0.25) is 9.59 Å². The number of anilines is 1. The van der Waals surface area contributed by atoms with Crippen LogP contribution in [0.4, 0.5) is 20.1 Å². The molecule has 3 aliphatic rings. The van der Waals surface area contributed by atoms with E-state index in [1.165, 1.54) is 0 Å². The molecule has 5 rings (SSSR count). The molecule has 0 aliphatic carbocycles. The second-order valence-electron chi connectivity index (χ2n) is 15.7. The molecule has 1 N–H and O–H groups in total. The number of aromatic nitrogens is 1. The van der Waals surface area contributed by atoms with E-state index in [1.54, 1.807) is 70.1 Å². The van der Waals surface area contributed by atoms with Crippen molar-refractivity contribution in [3.8, 4) is 5.75 Å². The van der Waals surface area contributed by atoms with Crippen molar-refractivity contribution in [1.82, 2.24) is 9.47 Å². The minimum Gasteiger partial charge on any atom is -0.463 e. The number of allylic oxidation sites excluding steroid dienone is 1. The number of benzene rings is 1. The highest BCUT2D eigenvalue weighted by Gasteiger charge is 2.41. The highest BCUT2D eigenvalue weighted by molar-refractivity contribution is 5.85. The maximum atomic E-state index is 14.3. The second kappa shape index (κ2) is 15.2. The van der Waals surface area contributed by atoms with Gasteiger partial charge in [0.15, 0.2) is 0 Å². The summed E-state index contributed by atoms with van der Waals surface area (Å²) in [5.74, 6) is 0.324. The first-order valence-electron chi connectivity index (χ1n) is 18.1. The summed E-state index contributed by atoms with van der Waals surface area (Å²) < 4.78 is 34.8. The number of ether oxygens (including phenoxy) is 6. The molecule has 3 aliphatic heterocycles. The van der Waals surface area contributed by atoms with Crippen LogP contribution in [0.25, 0.3) is 5.57 Å². The topological polar surface area (TPSA) is 161 Å². The van der Waals surface area contributed by atoms with Crippen molar-refractivity contribution in [2.75, 3.05) is 18.4 Å². The van der Waals surface area contributed by atoms with Crippen molar-refractivity contribution < 1.29 is 47.6 Å². The number of carbonyl (C=O) groups excluding carboxylic acids is 4. The van der Waals surface area contributed by atoms with Gasteiger partial charge in [0.25, 0.3) is 12.0 Å². The minimum absolute atomic E-state index is 0.187. The maximum Gasteiger partial charge on any atom is 0.514 e. The smallest absolute Gasteiger partial charge is 0.463 e. The zero-order chi connectivity index (χ0) is 38.9. The number of fused-ring (bicyclic) bond motifs is 4. The standard InChI is InChI=1S/C39H51N3O11/c1-10-25-26-18-24(50-35(46)52-38(6,7)8)12-13-30(26)40-32-27(25)20-42-31(32)19-29(28(33(42)44)21-48-22-43)39(9,11-2)53-36(47)49-23-14-16-41(17-15-23)34(45)51-37(3,4)5/h12-13,18-19,22-23,32,40H,10-11,14-17,20-21H2,1-9H3. The molecule has 1 aromatic heterocycles. The molecule has 0 spiro atoms. The number of piperidine rings is 1. The minimum atomic E-state index is -1.33. The molecule has 0 radical (unpaired) electrons. The molecule has 4 heterocycles. The first kappa shape index (κ1) is 39.2. The first-order chi connectivity index (χ1) is 24.9. The first-order valence-corrected chi connectivity index (χ1v) is 18.1. The summed E-state index contributed by atoms with van der Waals surface area (Å²) in [6.07, 6.45) is -0.880. The average Bonchev–Trinajstić information content (AvgIpc) is 3.43. The predicted molar refractivity (Wildman–Crippen MR) is 194 cm³/mol. The quantitative estimate of drug-likeness (QED) is 0.118. The van der Waals surface area contributed by atoms with E-state index in [4.69, 9.17) is 28.4 Å². The van der Waals surface area contributed by atoms with Crippen molar-refractivity contribution in [2.24, 2.45) is 0 Å². The Morgan fingerprint density at radius 2 is 1.60 bits per heavy atom.